The molecule has 0 radical (unpaired) electrons. The van der Waals surface area contributed by atoms with E-state index in [4.69, 9.17) is 16.3 Å². The second-order valence-electron chi connectivity index (χ2n) is 3.92. The van der Waals surface area contributed by atoms with E-state index in [0.717, 1.165) is 16.0 Å². The van der Waals surface area contributed by atoms with E-state index in [2.05, 4.69) is 31.2 Å². The molecule has 0 bridgehead atoms. The maximum Gasteiger partial charge on any atom is 0.168 e. The number of halogens is 2. The van der Waals surface area contributed by atoms with Crippen LogP contribution in [0.2, 0.25) is 5.02 Å². The monoisotopic (exact) mass is 341 g/mol. The molecule has 1 aromatic carbocycles. The van der Waals surface area contributed by atoms with Gasteiger partial charge in [0.1, 0.15) is 18.2 Å². The van der Waals surface area contributed by atoms with Crippen LogP contribution in [0.25, 0.3) is 0 Å². The predicted molar refractivity (Wildman–Crippen MR) is 79.8 cm³/mol. The molecule has 6 heteroatoms. The highest BCUT2D eigenvalue weighted by Crippen LogP contribution is 2.28. The molecular formula is C13H13BrClN3O. The van der Waals surface area contributed by atoms with Crippen molar-refractivity contribution in [1.82, 2.24) is 9.97 Å². The average Bonchev–Trinajstić information content (AvgIpc) is 2.37. The lowest BCUT2D eigenvalue weighted by atomic mass is 10.3. The zero-order valence-corrected chi connectivity index (χ0v) is 12.9. The maximum absolute atomic E-state index is 6.08. The molecule has 19 heavy (non-hydrogen) atoms. The lowest BCUT2D eigenvalue weighted by Crippen LogP contribution is -2.05. The van der Waals surface area contributed by atoms with Crippen molar-refractivity contribution in [2.45, 2.75) is 13.5 Å². The number of rotatable bonds is 4. The quantitative estimate of drug-likeness (QED) is 0.917. The van der Waals surface area contributed by atoms with Gasteiger partial charge in [0.2, 0.25) is 0 Å². The summed E-state index contributed by atoms with van der Waals surface area (Å²) in [6, 6.07) is 7.33. The second-order valence-corrected chi connectivity index (χ2v) is 5.25. The summed E-state index contributed by atoms with van der Waals surface area (Å²) in [6.07, 6.45) is 0. The third-order valence-corrected chi connectivity index (χ3v) is 3.20. The van der Waals surface area contributed by atoms with Crippen molar-refractivity contribution < 1.29 is 4.74 Å². The number of hydrogen-bond acceptors (Lipinski definition) is 4. The number of anilines is 1. The maximum atomic E-state index is 6.08. The summed E-state index contributed by atoms with van der Waals surface area (Å²) in [5.74, 6) is 2.00. The van der Waals surface area contributed by atoms with Gasteiger partial charge < -0.3 is 10.1 Å². The minimum Gasteiger partial charge on any atom is -0.484 e. The number of nitrogens with zero attached hydrogens (tertiary/aromatic N) is 2. The van der Waals surface area contributed by atoms with Gasteiger partial charge in [-0.2, -0.15) is 0 Å². The Kier molecular flexibility index (Phi) is 4.61. The third-order valence-electron chi connectivity index (χ3n) is 2.41. The van der Waals surface area contributed by atoms with E-state index in [9.17, 15) is 0 Å². The van der Waals surface area contributed by atoms with Gasteiger partial charge in [0.25, 0.3) is 0 Å². The Morgan fingerprint density at radius 1 is 1.32 bits per heavy atom. The van der Waals surface area contributed by atoms with Gasteiger partial charge in [0.15, 0.2) is 5.82 Å². The highest BCUT2D eigenvalue weighted by atomic mass is 79.9. The molecule has 100 valence electrons. The smallest absolute Gasteiger partial charge is 0.168 e. The van der Waals surface area contributed by atoms with E-state index < -0.39 is 0 Å². The molecule has 0 unspecified atom stereocenters. The summed E-state index contributed by atoms with van der Waals surface area (Å²) < 4.78 is 6.54. The first-order chi connectivity index (χ1) is 9.08. The van der Waals surface area contributed by atoms with E-state index >= 15 is 0 Å². The zero-order chi connectivity index (χ0) is 13.8. The van der Waals surface area contributed by atoms with Gasteiger partial charge >= 0.3 is 0 Å². The van der Waals surface area contributed by atoms with Crippen LogP contribution in [-0.4, -0.2) is 17.0 Å². The van der Waals surface area contributed by atoms with Gasteiger partial charge in [0, 0.05) is 23.3 Å². The standard InChI is InChI=1S/C13H13BrClN3O/c1-8-5-12(16-2)18-13(17-8)7-19-11-4-3-9(14)6-10(11)15/h3-6H,7H2,1-2H3,(H,16,17,18). The number of ether oxygens (including phenoxy) is 1. The first-order valence-electron chi connectivity index (χ1n) is 5.68. The molecule has 1 N–H and O–H groups in total. The van der Waals surface area contributed by atoms with Crippen LogP contribution in [0, 0.1) is 6.92 Å². The highest BCUT2D eigenvalue weighted by molar-refractivity contribution is 9.10. The molecule has 0 saturated carbocycles. The van der Waals surface area contributed by atoms with E-state index in [1.165, 1.54) is 0 Å². The molecular weight excluding hydrogens is 330 g/mol. The van der Waals surface area contributed by atoms with Crippen LogP contribution < -0.4 is 10.1 Å². The van der Waals surface area contributed by atoms with E-state index in [-0.39, 0.29) is 6.61 Å². The zero-order valence-electron chi connectivity index (χ0n) is 10.6. The number of benzene rings is 1. The molecule has 1 heterocycles. The summed E-state index contributed by atoms with van der Waals surface area (Å²) >= 11 is 9.43. The molecule has 0 aliphatic rings. The van der Waals surface area contributed by atoms with E-state index in [0.29, 0.717) is 16.6 Å². The minimum absolute atomic E-state index is 0.276. The van der Waals surface area contributed by atoms with Gasteiger partial charge in [-0.1, -0.05) is 27.5 Å². The minimum atomic E-state index is 0.276. The molecule has 0 spiro atoms. The normalized spacial score (nSPS) is 10.3. The van der Waals surface area contributed by atoms with Crippen molar-refractivity contribution in [2.75, 3.05) is 12.4 Å². The largest absolute Gasteiger partial charge is 0.484 e. The Morgan fingerprint density at radius 3 is 2.79 bits per heavy atom. The van der Waals surface area contributed by atoms with Crippen LogP contribution in [0.4, 0.5) is 5.82 Å². The lowest BCUT2D eigenvalue weighted by Gasteiger charge is -2.09. The average molecular weight is 343 g/mol. The summed E-state index contributed by atoms with van der Waals surface area (Å²) in [6.45, 7) is 2.19. The van der Waals surface area contributed by atoms with Crippen molar-refractivity contribution in [3.63, 3.8) is 0 Å². The van der Waals surface area contributed by atoms with Gasteiger partial charge in [0.05, 0.1) is 5.02 Å². The van der Waals surface area contributed by atoms with Crippen molar-refractivity contribution in [2.24, 2.45) is 0 Å². The van der Waals surface area contributed by atoms with Gasteiger partial charge in [-0.25, -0.2) is 9.97 Å². The van der Waals surface area contributed by atoms with Gasteiger partial charge in [-0.05, 0) is 25.1 Å². The van der Waals surface area contributed by atoms with Gasteiger partial charge in [-0.15, -0.1) is 0 Å². The van der Waals surface area contributed by atoms with Crippen LogP contribution in [0.5, 0.6) is 5.75 Å². The fraction of sp³-hybridized carbons (Fsp3) is 0.231. The molecule has 0 saturated heterocycles. The Balaban J connectivity index is 2.12. The van der Waals surface area contributed by atoms with Crippen LogP contribution in [-0.2, 0) is 6.61 Å². The van der Waals surface area contributed by atoms with Gasteiger partial charge in [-0.3, -0.25) is 0 Å². The fourth-order valence-corrected chi connectivity index (χ4v) is 2.29. The van der Waals surface area contributed by atoms with Crippen LogP contribution >= 0.6 is 27.5 Å². The molecule has 1 aromatic heterocycles. The first-order valence-corrected chi connectivity index (χ1v) is 6.86. The molecule has 2 aromatic rings. The molecule has 4 nitrogen and oxygen atoms in total. The molecule has 0 aliphatic heterocycles. The fourth-order valence-electron chi connectivity index (χ4n) is 1.56. The molecule has 0 atom stereocenters. The SMILES string of the molecule is CNc1cc(C)nc(COc2ccc(Br)cc2Cl)n1. The predicted octanol–water partition coefficient (Wildman–Crippen LogP) is 3.82. The molecule has 0 aliphatic carbocycles. The molecule has 2 rings (SSSR count). The van der Waals surface area contributed by atoms with Crippen LogP contribution in [0.3, 0.4) is 0 Å². The number of nitrogens with one attached hydrogen (secondary N) is 1. The Hall–Kier alpha value is -1.33. The second kappa shape index (κ2) is 6.21. The third kappa shape index (κ3) is 3.81. The van der Waals surface area contributed by atoms with Crippen molar-refractivity contribution in [1.29, 1.82) is 0 Å². The lowest BCUT2D eigenvalue weighted by molar-refractivity contribution is 0.296. The van der Waals surface area contributed by atoms with Crippen molar-refractivity contribution >= 4 is 33.3 Å². The number of aromatic nitrogens is 2. The highest BCUT2D eigenvalue weighted by Gasteiger charge is 2.05. The summed E-state index contributed by atoms with van der Waals surface area (Å²) in [7, 11) is 1.82. The number of hydrogen-bond donors (Lipinski definition) is 1. The summed E-state index contributed by atoms with van der Waals surface area (Å²) in [4.78, 5) is 8.63. The molecule has 0 fully saturated rings. The van der Waals surface area contributed by atoms with Crippen molar-refractivity contribution in [3.8, 4) is 5.75 Å². The van der Waals surface area contributed by atoms with Crippen LogP contribution in [0.1, 0.15) is 11.5 Å². The topological polar surface area (TPSA) is 47.0 Å². The molecule has 0 amide bonds. The Labute approximate surface area is 125 Å². The van der Waals surface area contributed by atoms with E-state index in [1.54, 1.807) is 12.1 Å². The Morgan fingerprint density at radius 2 is 2.11 bits per heavy atom. The Bertz CT molecular complexity index is 592. The first kappa shape index (κ1) is 14.1. The van der Waals surface area contributed by atoms with Crippen LogP contribution in [0.15, 0.2) is 28.7 Å². The summed E-state index contributed by atoms with van der Waals surface area (Å²) in [5, 5.41) is 3.54. The van der Waals surface area contributed by atoms with E-state index in [1.807, 2.05) is 26.1 Å². The summed E-state index contributed by atoms with van der Waals surface area (Å²) in [5.41, 5.74) is 0.889. The van der Waals surface area contributed by atoms with Crippen molar-refractivity contribution in [3.05, 3.63) is 45.3 Å². The number of aryl methyl sites for hydroxylation is 1.